The molecule has 2 aliphatic carbocycles. The average molecular weight is 340 g/mol. The van der Waals surface area contributed by atoms with Gasteiger partial charge in [-0.3, -0.25) is 4.79 Å². The smallest absolute Gasteiger partial charge is 0.273 e. The molecule has 2 unspecified atom stereocenters. The lowest BCUT2D eigenvalue weighted by Crippen LogP contribution is -2.28. The molecule has 2 atom stereocenters. The fourth-order valence-corrected chi connectivity index (χ4v) is 4.33. The van der Waals surface area contributed by atoms with E-state index in [4.69, 9.17) is 4.42 Å². The molecule has 1 heterocycles. The van der Waals surface area contributed by atoms with Gasteiger partial charge in [-0.05, 0) is 32.2 Å². The Hall–Kier alpha value is -1.34. The molecule has 6 nitrogen and oxygen atoms in total. The standard InChI is InChI=1S/C16H24N2O4S/c1-10-12(9-15(22-10)23(20,21)17-2)16(19)18-14-8-13(14)11-6-4-3-5-7-11/h9,11,13-14,17H,3-8H2,1-2H3,(H,18,19). The zero-order valence-corrected chi connectivity index (χ0v) is 14.4. The first-order valence-electron chi connectivity index (χ1n) is 8.27. The number of amides is 1. The highest BCUT2D eigenvalue weighted by molar-refractivity contribution is 7.89. The van der Waals surface area contributed by atoms with E-state index >= 15 is 0 Å². The first kappa shape index (κ1) is 16.5. The van der Waals surface area contributed by atoms with Crippen LogP contribution in [0.15, 0.2) is 15.6 Å². The third-order valence-corrected chi connectivity index (χ3v) is 6.35. The highest BCUT2D eigenvalue weighted by atomic mass is 32.2. The number of carbonyl (C=O) groups excluding carboxylic acids is 1. The summed E-state index contributed by atoms with van der Waals surface area (Å²) in [4.78, 5) is 12.4. The number of hydrogen-bond acceptors (Lipinski definition) is 4. The Labute approximate surface area is 137 Å². The molecule has 1 amide bonds. The summed E-state index contributed by atoms with van der Waals surface area (Å²) in [6.45, 7) is 1.61. The Bertz CT molecular complexity index is 689. The minimum absolute atomic E-state index is 0.220. The van der Waals surface area contributed by atoms with Crippen molar-refractivity contribution >= 4 is 15.9 Å². The SMILES string of the molecule is CNS(=O)(=O)c1cc(C(=O)NC2CC2C2CCCCC2)c(C)o1. The lowest BCUT2D eigenvalue weighted by molar-refractivity contribution is 0.0945. The van der Waals surface area contributed by atoms with Crippen molar-refractivity contribution in [1.29, 1.82) is 0 Å². The third kappa shape index (κ3) is 3.45. The van der Waals surface area contributed by atoms with Crippen LogP contribution >= 0.6 is 0 Å². The predicted molar refractivity (Wildman–Crippen MR) is 85.6 cm³/mol. The molecule has 1 aromatic rings. The van der Waals surface area contributed by atoms with E-state index in [1.54, 1.807) is 6.92 Å². The van der Waals surface area contributed by atoms with Gasteiger partial charge in [0.05, 0.1) is 5.56 Å². The zero-order chi connectivity index (χ0) is 16.6. The van der Waals surface area contributed by atoms with Crippen LogP contribution in [0.2, 0.25) is 0 Å². The van der Waals surface area contributed by atoms with Gasteiger partial charge >= 0.3 is 0 Å². The van der Waals surface area contributed by atoms with Crippen molar-refractivity contribution in [2.75, 3.05) is 7.05 Å². The topological polar surface area (TPSA) is 88.4 Å². The summed E-state index contributed by atoms with van der Waals surface area (Å²) in [6.07, 6.45) is 7.51. The summed E-state index contributed by atoms with van der Waals surface area (Å²) < 4.78 is 30.9. The van der Waals surface area contributed by atoms with E-state index in [-0.39, 0.29) is 17.0 Å². The second-order valence-electron chi connectivity index (χ2n) is 6.62. The molecule has 2 aliphatic rings. The summed E-state index contributed by atoms with van der Waals surface area (Å²) in [5, 5.41) is 2.81. The molecule has 7 heteroatoms. The van der Waals surface area contributed by atoms with Crippen LogP contribution in [0.25, 0.3) is 0 Å². The van der Waals surface area contributed by atoms with E-state index in [0.717, 1.165) is 12.3 Å². The van der Waals surface area contributed by atoms with Crippen LogP contribution in [-0.2, 0) is 10.0 Å². The summed E-state index contributed by atoms with van der Waals surface area (Å²) in [6, 6.07) is 1.53. The Morgan fingerprint density at radius 2 is 1.96 bits per heavy atom. The number of hydrogen-bond donors (Lipinski definition) is 2. The van der Waals surface area contributed by atoms with Crippen molar-refractivity contribution in [2.45, 2.75) is 56.6 Å². The normalized spacial score (nSPS) is 25.3. The van der Waals surface area contributed by atoms with Crippen LogP contribution in [0.5, 0.6) is 0 Å². The predicted octanol–water partition coefficient (Wildman–Crippen LogP) is 2.19. The molecule has 0 aromatic carbocycles. The molecule has 2 N–H and O–H groups in total. The first-order chi connectivity index (χ1) is 10.9. The maximum atomic E-state index is 12.4. The van der Waals surface area contributed by atoms with Crippen molar-refractivity contribution < 1.29 is 17.6 Å². The molecule has 0 radical (unpaired) electrons. The maximum Gasteiger partial charge on any atom is 0.273 e. The fourth-order valence-electron chi connectivity index (χ4n) is 3.62. The van der Waals surface area contributed by atoms with Gasteiger partial charge in [0.2, 0.25) is 5.09 Å². The summed E-state index contributed by atoms with van der Waals surface area (Å²) in [7, 11) is -2.36. The minimum Gasteiger partial charge on any atom is -0.448 e. The maximum absolute atomic E-state index is 12.4. The summed E-state index contributed by atoms with van der Waals surface area (Å²) >= 11 is 0. The van der Waals surface area contributed by atoms with E-state index in [1.165, 1.54) is 45.2 Å². The van der Waals surface area contributed by atoms with Crippen molar-refractivity contribution in [1.82, 2.24) is 10.0 Å². The van der Waals surface area contributed by atoms with Crippen molar-refractivity contribution in [3.05, 3.63) is 17.4 Å². The molecule has 2 saturated carbocycles. The molecular weight excluding hydrogens is 316 g/mol. The second-order valence-corrected chi connectivity index (χ2v) is 8.44. The quantitative estimate of drug-likeness (QED) is 0.860. The van der Waals surface area contributed by atoms with Gasteiger partial charge in [-0.1, -0.05) is 32.1 Å². The number of furan rings is 1. The largest absolute Gasteiger partial charge is 0.448 e. The van der Waals surface area contributed by atoms with Crippen LogP contribution in [0.3, 0.4) is 0 Å². The first-order valence-corrected chi connectivity index (χ1v) is 9.75. The summed E-state index contributed by atoms with van der Waals surface area (Å²) in [5.74, 6) is 1.41. The zero-order valence-electron chi connectivity index (χ0n) is 13.6. The van der Waals surface area contributed by atoms with E-state index in [2.05, 4.69) is 10.0 Å². The van der Waals surface area contributed by atoms with Crippen molar-refractivity contribution in [3.8, 4) is 0 Å². The highest BCUT2D eigenvalue weighted by Gasteiger charge is 2.44. The molecule has 0 saturated heterocycles. The van der Waals surface area contributed by atoms with E-state index < -0.39 is 10.0 Å². The molecule has 128 valence electrons. The van der Waals surface area contributed by atoms with Crippen LogP contribution < -0.4 is 10.0 Å². The van der Waals surface area contributed by atoms with Crippen LogP contribution in [0.4, 0.5) is 0 Å². The molecule has 3 rings (SSSR count). The molecule has 0 spiro atoms. The number of rotatable bonds is 5. The Balaban J connectivity index is 1.63. The molecule has 23 heavy (non-hydrogen) atoms. The molecule has 0 bridgehead atoms. The molecule has 0 aliphatic heterocycles. The van der Waals surface area contributed by atoms with Gasteiger partial charge in [0.15, 0.2) is 0 Å². The van der Waals surface area contributed by atoms with Gasteiger partial charge in [0, 0.05) is 12.1 Å². The van der Waals surface area contributed by atoms with Crippen LogP contribution in [0.1, 0.15) is 54.6 Å². The van der Waals surface area contributed by atoms with Crippen LogP contribution in [0, 0.1) is 18.8 Å². The lowest BCUT2D eigenvalue weighted by Gasteiger charge is -2.21. The fraction of sp³-hybridized carbons (Fsp3) is 0.688. The number of sulfonamides is 1. The van der Waals surface area contributed by atoms with E-state index in [1.807, 2.05) is 0 Å². The average Bonchev–Trinajstić information content (AvgIpc) is 3.19. The van der Waals surface area contributed by atoms with Gasteiger partial charge in [0.25, 0.3) is 15.9 Å². The van der Waals surface area contributed by atoms with Gasteiger partial charge in [-0.15, -0.1) is 0 Å². The lowest BCUT2D eigenvalue weighted by atomic mass is 9.85. The molecular formula is C16H24N2O4S. The van der Waals surface area contributed by atoms with Gasteiger partial charge < -0.3 is 9.73 Å². The van der Waals surface area contributed by atoms with Crippen LogP contribution in [-0.4, -0.2) is 27.4 Å². The molecule has 2 fully saturated rings. The summed E-state index contributed by atoms with van der Waals surface area (Å²) in [5.41, 5.74) is 0.299. The van der Waals surface area contributed by atoms with Gasteiger partial charge in [-0.25, -0.2) is 13.1 Å². The second kappa shape index (κ2) is 6.28. The van der Waals surface area contributed by atoms with E-state index in [9.17, 15) is 13.2 Å². The number of aryl methyl sites for hydroxylation is 1. The van der Waals surface area contributed by atoms with Gasteiger partial charge in [-0.2, -0.15) is 0 Å². The molecule has 1 aromatic heterocycles. The highest BCUT2D eigenvalue weighted by Crippen LogP contribution is 2.44. The monoisotopic (exact) mass is 340 g/mol. The number of carbonyl (C=O) groups is 1. The van der Waals surface area contributed by atoms with Crippen molar-refractivity contribution in [3.63, 3.8) is 0 Å². The number of nitrogens with one attached hydrogen (secondary N) is 2. The Morgan fingerprint density at radius 1 is 1.26 bits per heavy atom. The Morgan fingerprint density at radius 3 is 2.61 bits per heavy atom. The minimum atomic E-state index is -3.67. The Kier molecular flexibility index (Phi) is 4.51. The van der Waals surface area contributed by atoms with E-state index in [0.29, 0.717) is 17.2 Å². The van der Waals surface area contributed by atoms with Gasteiger partial charge in [0.1, 0.15) is 5.76 Å². The van der Waals surface area contributed by atoms with Crippen molar-refractivity contribution in [2.24, 2.45) is 11.8 Å². The third-order valence-electron chi connectivity index (χ3n) is 5.08.